The molecule has 3 N–H and O–H groups in total. The van der Waals surface area contributed by atoms with Crippen molar-refractivity contribution in [3.8, 4) is 0 Å². The molecule has 2 aromatic carbocycles. The highest BCUT2D eigenvalue weighted by atomic mass is 35.5. The lowest BCUT2D eigenvalue weighted by Crippen LogP contribution is -2.52. The van der Waals surface area contributed by atoms with Gasteiger partial charge in [-0.25, -0.2) is 0 Å². The molecule has 4 amide bonds. The number of aliphatic imine (C=N–C) groups is 1. The van der Waals surface area contributed by atoms with Gasteiger partial charge in [0.05, 0.1) is 29.2 Å². The van der Waals surface area contributed by atoms with Gasteiger partial charge in [0.25, 0.3) is 5.91 Å². The predicted octanol–water partition coefficient (Wildman–Crippen LogP) is 4.36. The number of piperidine rings is 1. The fourth-order valence-corrected chi connectivity index (χ4v) is 7.83. The lowest BCUT2D eigenvalue weighted by Gasteiger charge is -2.34. The normalized spacial score (nSPS) is 22.0. The quantitative estimate of drug-likeness (QED) is 0.252. The van der Waals surface area contributed by atoms with Crippen LogP contribution in [0.3, 0.4) is 0 Å². The number of hydrogen-bond acceptors (Lipinski definition) is 9. The van der Waals surface area contributed by atoms with Crippen molar-refractivity contribution in [1.29, 1.82) is 0 Å². The number of aliphatic hydroxyl groups is 1. The van der Waals surface area contributed by atoms with Gasteiger partial charge in [0.2, 0.25) is 17.7 Å². The van der Waals surface area contributed by atoms with Crippen LogP contribution in [0.1, 0.15) is 58.6 Å². The number of carbonyl (C=O) groups is 5. The lowest BCUT2D eigenvalue weighted by molar-refractivity contribution is -0.138. The summed E-state index contributed by atoms with van der Waals surface area (Å²) in [6.07, 6.45) is -3.32. The molecule has 3 heterocycles. The number of anilines is 1. The van der Waals surface area contributed by atoms with Crippen LogP contribution in [-0.4, -0.2) is 107 Å². The molecule has 17 heteroatoms. The van der Waals surface area contributed by atoms with Crippen LogP contribution in [0.15, 0.2) is 46.7 Å². The summed E-state index contributed by atoms with van der Waals surface area (Å²) in [5.74, 6) is -3.03. The van der Waals surface area contributed by atoms with Gasteiger partial charge in [-0.2, -0.15) is 13.2 Å². The van der Waals surface area contributed by atoms with Gasteiger partial charge in [-0.15, -0.1) is 0 Å². The monoisotopic (exact) mass is 762 g/mol. The van der Waals surface area contributed by atoms with E-state index in [2.05, 4.69) is 20.5 Å². The molecule has 4 aliphatic rings. The lowest BCUT2D eigenvalue weighted by atomic mass is 9.82. The third-order valence-corrected chi connectivity index (χ3v) is 10.5. The summed E-state index contributed by atoms with van der Waals surface area (Å²) in [6, 6.07) is 6.16. The minimum atomic E-state index is -4.70. The number of fused-ring (bicyclic) bond motifs is 1. The van der Waals surface area contributed by atoms with E-state index in [1.807, 2.05) is 4.90 Å². The number of aliphatic hydroxyl groups excluding tert-OH is 1. The Balaban J connectivity index is 0.962. The standard InChI is InChI=1S/C35H35Cl2F3N6O6/c36-24-5-4-23(35(38,39)40)32(37)31(24)19-14-27(47)21(28(48)15-19)16-41-8-9-44-10-12-45(13-11-44)18-30(50)42-25-3-1-2-20-22(25)17-46(34(20)52)26-6-7-29(49)43-33(26)51/h1-5,16,19,26,47H,6-15,17-18H2,(H,42,50)(H,43,49,51). The van der Waals surface area contributed by atoms with Gasteiger partial charge < -0.3 is 15.3 Å². The first-order valence-corrected chi connectivity index (χ1v) is 17.5. The molecule has 1 aliphatic carbocycles. The zero-order chi connectivity index (χ0) is 37.3. The second-order valence-corrected chi connectivity index (χ2v) is 13.9. The molecule has 2 fully saturated rings. The van der Waals surface area contributed by atoms with E-state index in [1.165, 1.54) is 11.1 Å². The first-order valence-electron chi connectivity index (χ1n) is 16.7. The van der Waals surface area contributed by atoms with Gasteiger partial charge in [0.15, 0.2) is 5.78 Å². The molecule has 0 aromatic heterocycles. The molecule has 3 aliphatic heterocycles. The Bertz CT molecular complexity index is 1880. The summed E-state index contributed by atoms with van der Waals surface area (Å²) in [5.41, 5.74) is 0.453. The minimum absolute atomic E-state index is 0.00316. The highest BCUT2D eigenvalue weighted by Crippen LogP contribution is 2.45. The molecule has 276 valence electrons. The number of benzene rings is 2. The van der Waals surface area contributed by atoms with Crippen LogP contribution in [0.2, 0.25) is 10.0 Å². The Kier molecular flexibility index (Phi) is 11.1. The van der Waals surface area contributed by atoms with Crippen molar-refractivity contribution >= 4 is 64.5 Å². The molecule has 0 radical (unpaired) electrons. The Morgan fingerprint density at radius 2 is 1.77 bits per heavy atom. The van der Waals surface area contributed by atoms with Gasteiger partial charge in [-0.05, 0) is 36.2 Å². The SMILES string of the molecule is O=C1CCC(N2Cc3c(NC(=O)CN4CCN(CCN=CC5=C(O)CC(c6c(Cl)ccc(C(F)(F)F)c6Cl)CC5=O)CC4)cccc3C2=O)C(=O)N1. The van der Waals surface area contributed by atoms with Crippen LogP contribution in [0, 0.1) is 0 Å². The number of hydrogen-bond donors (Lipinski definition) is 3. The maximum Gasteiger partial charge on any atom is 0.417 e. The number of halogens is 5. The zero-order valence-corrected chi connectivity index (χ0v) is 29.3. The van der Waals surface area contributed by atoms with E-state index < -0.39 is 40.4 Å². The van der Waals surface area contributed by atoms with Gasteiger partial charge in [0, 0.05) is 92.5 Å². The Morgan fingerprint density at radius 3 is 2.46 bits per heavy atom. The Labute approximate surface area is 306 Å². The summed E-state index contributed by atoms with van der Waals surface area (Å²) in [4.78, 5) is 72.9. The third kappa shape index (κ3) is 8.02. The van der Waals surface area contributed by atoms with Crippen LogP contribution in [-0.2, 0) is 31.9 Å². The summed E-state index contributed by atoms with van der Waals surface area (Å²) in [7, 11) is 0. The molecule has 0 spiro atoms. The number of rotatable bonds is 9. The first-order chi connectivity index (χ1) is 24.7. The maximum absolute atomic E-state index is 13.4. The van der Waals surface area contributed by atoms with Crippen molar-refractivity contribution in [2.45, 2.75) is 50.4 Å². The number of carbonyl (C=O) groups excluding carboxylic acids is 5. The van der Waals surface area contributed by atoms with Crippen molar-refractivity contribution < 1.29 is 42.3 Å². The van der Waals surface area contributed by atoms with Crippen LogP contribution in [0.4, 0.5) is 18.9 Å². The van der Waals surface area contributed by atoms with E-state index in [0.29, 0.717) is 56.1 Å². The summed E-state index contributed by atoms with van der Waals surface area (Å²) >= 11 is 12.2. The van der Waals surface area contributed by atoms with Crippen molar-refractivity contribution in [3.63, 3.8) is 0 Å². The van der Waals surface area contributed by atoms with Crippen molar-refractivity contribution in [2.24, 2.45) is 4.99 Å². The highest BCUT2D eigenvalue weighted by Gasteiger charge is 2.40. The smallest absolute Gasteiger partial charge is 0.417 e. The molecular weight excluding hydrogens is 728 g/mol. The second-order valence-electron chi connectivity index (χ2n) is 13.1. The molecule has 2 atom stereocenters. The first kappa shape index (κ1) is 37.4. The fourth-order valence-electron chi connectivity index (χ4n) is 7.04. The molecule has 0 saturated carbocycles. The van der Waals surface area contributed by atoms with Gasteiger partial charge in [0.1, 0.15) is 11.8 Å². The van der Waals surface area contributed by atoms with Gasteiger partial charge >= 0.3 is 6.18 Å². The van der Waals surface area contributed by atoms with E-state index in [4.69, 9.17) is 23.2 Å². The number of alkyl halides is 3. The molecule has 6 rings (SSSR count). The number of Topliss-reactive ketones (excluding diaryl/α,β-unsaturated/α-hetero) is 1. The zero-order valence-electron chi connectivity index (χ0n) is 27.8. The Morgan fingerprint density at radius 1 is 1.04 bits per heavy atom. The third-order valence-electron chi connectivity index (χ3n) is 9.78. The fraction of sp³-hybridized carbons (Fsp3) is 0.429. The molecule has 2 unspecified atom stereocenters. The van der Waals surface area contributed by atoms with Crippen LogP contribution >= 0.6 is 23.2 Å². The minimum Gasteiger partial charge on any atom is -0.511 e. The van der Waals surface area contributed by atoms with E-state index in [0.717, 1.165) is 12.1 Å². The average Bonchev–Trinajstić information content (AvgIpc) is 3.40. The van der Waals surface area contributed by atoms with Crippen molar-refractivity contribution in [1.82, 2.24) is 20.0 Å². The number of amides is 4. The van der Waals surface area contributed by atoms with Gasteiger partial charge in [-0.3, -0.25) is 44.1 Å². The number of ketones is 1. The predicted molar refractivity (Wildman–Crippen MR) is 185 cm³/mol. The summed E-state index contributed by atoms with van der Waals surface area (Å²) in [6.45, 7) is 3.70. The topological polar surface area (TPSA) is 152 Å². The number of allylic oxidation sites excluding steroid dienone is 2. The summed E-state index contributed by atoms with van der Waals surface area (Å²) < 4.78 is 40.2. The molecule has 2 saturated heterocycles. The average molecular weight is 764 g/mol. The number of nitrogens with zero attached hydrogens (tertiary/aromatic N) is 4. The van der Waals surface area contributed by atoms with E-state index in [1.54, 1.807) is 18.2 Å². The van der Waals surface area contributed by atoms with Crippen LogP contribution < -0.4 is 10.6 Å². The number of imide groups is 1. The number of nitrogens with one attached hydrogen (secondary N) is 2. The van der Waals surface area contributed by atoms with E-state index in [-0.39, 0.29) is 78.4 Å². The van der Waals surface area contributed by atoms with Gasteiger partial charge in [-0.1, -0.05) is 29.3 Å². The largest absolute Gasteiger partial charge is 0.511 e. The van der Waals surface area contributed by atoms with Crippen LogP contribution in [0.5, 0.6) is 0 Å². The number of piperazine rings is 1. The van der Waals surface area contributed by atoms with E-state index >= 15 is 0 Å². The summed E-state index contributed by atoms with van der Waals surface area (Å²) in [5, 5.41) is 15.2. The molecule has 2 aromatic rings. The van der Waals surface area contributed by atoms with E-state index in [9.17, 15) is 42.3 Å². The molecule has 12 nitrogen and oxygen atoms in total. The highest BCUT2D eigenvalue weighted by molar-refractivity contribution is 6.36. The second kappa shape index (κ2) is 15.3. The molecule has 52 heavy (non-hydrogen) atoms. The van der Waals surface area contributed by atoms with Crippen molar-refractivity contribution in [2.75, 3.05) is 51.1 Å². The molecular formula is C35H35Cl2F3N6O6. The maximum atomic E-state index is 13.4. The van der Waals surface area contributed by atoms with Crippen LogP contribution in [0.25, 0.3) is 0 Å². The Hall–Kier alpha value is -4.31. The van der Waals surface area contributed by atoms with Crippen molar-refractivity contribution in [3.05, 3.63) is 74.0 Å². The molecule has 0 bridgehead atoms.